The number of benzene rings is 1. The Bertz CT molecular complexity index is 821. The van der Waals surface area contributed by atoms with Gasteiger partial charge in [0.2, 0.25) is 15.9 Å². The second kappa shape index (κ2) is 9.58. The van der Waals surface area contributed by atoms with E-state index in [0.29, 0.717) is 32.5 Å². The highest BCUT2D eigenvalue weighted by Crippen LogP contribution is 2.27. The first-order chi connectivity index (χ1) is 13.1. The molecule has 1 saturated heterocycles. The van der Waals surface area contributed by atoms with E-state index in [9.17, 15) is 18.0 Å². The van der Waals surface area contributed by atoms with E-state index in [1.165, 1.54) is 18.2 Å². The standard InChI is InChI=1S/C18H26ClN3O5S/c1-12(2)10-21-28(25,26)14-3-4-16(15(19)9-14)27-11-17(23)22-7-5-13(6-8-22)18(20)24/h3-4,9,12-13,21H,5-8,10-11H2,1-2H3,(H2,20,24). The number of likely N-dealkylation sites (tertiary alicyclic amines) is 1. The Labute approximate surface area is 170 Å². The molecule has 2 rings (SSSR count). The number of carbonyl (C=O) groups is 2. The predicted molar refractivity (Wildman–Crippen MR) is 105 cm³/mol. The molecule has 1 aromatic carbocycles. The number of hydrogen-bond acceptors (Lipinski definition) is 5. The van der Waals surface area contributed by atoms with Gasteiger partial charge in [-0.15, -0.1) is 0 Å². The lowest BCUT2D eigenvalue weighted by Gasteiger charge is -2.30. The molecular weight excluding hydrogens is 406 g/mol. The molecule has 28 heavy (non-hydrogen) atoms. The van der Waals surface area contributed by atoms with Crippen molar-refractivity contribution in [3.63, 3.8) is 0 Å². The monoisotopic (exact) mass is 431 g/mol. The fourth-order valence-electron chi connectivity index (χ4n) is 2.77. The third-order valence-corrected chi connectivity index (χ3v) is 6.21. The quantitative estimate of drug-likeness (QED) is 0.644. The highest BCUT2D eigenvalue weighted by molar-refractivity contribution is 7.89. The van der Waals surface area contributed by atoms with Gasteiger partial charge in [0, 0.05) is 25.6 Å². The maximum atomic E-state index is 12.3. The summed E-state index contributed by atoms with van der Waals surface area (Å²) in [5, 5.41) is 0.104. The molecule has 156 valence electrons. The van der Waals surface area contributed by atoms with Gasteiger partial charge in [0.05, 0.1) is 9.92 Å². The maximum absolute atomic E-state index is 12.3. The van der Waals surface area contributed by atoms with Crippen LogP contribution in [-0.2, 0) is 19.6 Å². The number of nitrogens with two attached hydrogens (primary N) is 1. The maximum Gasteiger partial charge on any atom is 0.260 e. The molecule has 1 aromatic rings. The second-order valence-corrected chi connectivity index (χ2v) is 9.36. The molecule has 0 atom stereocenters. The molecule has 0 unspecified atom stereocenters. The van der Waals surface area contributed by atoms with Gasteiger partial charge in [-0.1, -0.05) is 25.4 Å². The average molecular weight is 432 g/mol. The van der Waals surface area contributed by atoms with Gasteiger partial charge < -0.3 is 15.4 Å². The van der Waals surface area contributed by atoms with E-state index in [4.69, 9.17) is 22.1 Å². The topological polar surface area (TPSA) is 119 Å². The van der Waals surface area contributed by atoms with E-state index in [0.717, 1.165) is 0 Å². The zero-order valence-electron chi connectivity index (χ0n) is 16.0. The molecule has 0 radical (unpaired) electrons. The van der Waals surface area contributed by atoms with Crippen molar-refractivity contribution >= 4 is 33.4 Å². The molecule has 1 fully saturated rings. The number of ether oxygens (including phenoxy) is 1. The number of rotatable bonds is 8. The summed E-state index contributed by atoms with van der Waals surface area (Å²) >= 11 is 6.13. The van der Waals surface area contributed by atoms with Gasteiger partial charge in [0.25, 0.3) is 5.91 Å². The van der Waals surface area contributed by atoms with Crippen molar-refractivity contribution in [3.05, 3.63) is 23.2 Å². The van der Waals surface area contributed by atoms with Crippen molar-refractivity contribution in [3.8, 4) is 5.75 Å². The molecule has 0 bridgehead atoms. The molecule has 0 aliphatic carbocycles. The zero-order valence-corrected chi connectivity index (χ0v) is 17.6. The number of nitrogens with zero attached hydrogens (tertiary/aromatic N) is 1. The molecule has 8 nitrogen and oxygen atoms in total. The molecule has 2 amide bonds. The number of carbonyl (C=O) groups excluding carboxylic acids is 2. The molecular formula is C18H26ClN3O5S. The minimum atomic E-state index is -3.66. The molecule has 0 spiro atoms. The molecule has 0 aromatic heterocycles. The van der Waals surface area contributed by atoms with Crippen molar-refractivity contribution in [2.45, 2.75) is 31.6 Å². The van der Waals surface area contributed by atoms with E-state index < -0.39 is 10.0 Å². The number of amides is 2. The summed E-state index contributed by atoms with van der Waals surface area (Å²) in [5.74, 6) is -0.364. The Morgan fingerprint density at radius 1 is 1.32 bits per heavy atom. The summed E-state index contributed by atoms with van der Waals surface area (Å²) in [7, 11) is -3.66. The van der Waals surface area contributed by atoms with Crippen LogP contribution in [-0.4, -0.2) is 51.4 Å². The van der Waals surface area contributed by atoms with Gasteiger partial charge in [-0.2, -0.15) is 0 Å². The minimum Gasteiger partial charge on any atom is -0.482 e. The summed E-state index contributed by atoms with van der Waals surface area (Å²) in [6, 6.07) is 4.11. The van der Waals surface area contributed by atoms with Crippen LogP contribution in [0.15, 0.2) is 23.1 Å². The number of sulfonamides is 1. The number of hydrogen-bond donors (Lipinski definition) is 2. The number of nitrogens with one attached hydrogen (secondary N) is 1. The van der Waals surface area contributed by atoms with Crippen LogP contribution >= 0.6 is 11.6 Å². The third kappa shape index (κ3) is 6.08. The summed E-state index contributed by atoms with van der Waals surface area (Å²) in [6.07, 6.45) is 1.08. The van der Waals surface area contributed by atoms with E-state index in [1.807, 2.05) is 13.8 Å². The van der Waals surface area contributed by atoms with Gasteiger partial charge >= 0.3 is 0 Å². The second-order valence-electron chi connectivity index (χ2n) is 7.18. The molecule has 1 aliphatic heterocycles. The van der Waals surface area contributed by atoms with Gasteiger partial charge in [-0.3, -0.25) is 9.59 Å². The smallest absolute Gasteiger partial charge is 0.260 e. The first-order valence-electron chi connectivity index (χ1n) is 9.09. The van der Waals surface area contributed by atoms with Crippen molar-refractivity contribution in [2.24, 2.45) is 17.6 Å². The Kier molecular flexibility index (Phi) is 7.68. The highest BCUT2D eigenvalue weighted by Gasteiger charge is 2.26. The first-order valence-corrected chi connectivity index (χ1v) is 11.0. The van der Waals surface area contributed by atoms with Gasteiger partial charge in [-0.05, 0) is 37.0 Å². The number of piperidine rings is 1. The average Bonchev–Trinajstić information content (AvgIpc) is 2.65. The van der Waals surface area contributed by atoms with Crippen LogP contribution in [0.5, 0.6) is 5.75 Å². The van der Waals surface area contributed by atoms with Crippen molar-refractivity contribution in [1.29, 1.82) is 0 Å². The van der Waals surface area contributed by atoms with Crippen LogP contribution < -0.4 is 15.2 Å². The highest BCUT2D eigenvalue weighted by atomic mass is 35.5. The van der Waals surface area contributed by atoms with Crippen molar-refractivity contribution in [2.75, 3.05) is 26.2 Å². The van der Waals surface area contributed by atoms with Gasteiger partial charge in [0.1, 0.15) is 5.75 Å². The zero-order chi connectivity index (χ0) is 20.9. The van der Waals surface area contributed by atoms with Crippen LogP contribution in [0.1, 0.15) is 26.7 Å². The van der Waals surface area contributed by atoms with E-state index in [2.05, 4.69) is 4.72 Å². The lowest BCUT2D eigenvalue weighted by atomic mass is 9.96. The Morgan fingerprint density at radius 2 is 1.96 bits per heavy atom. The Balaban J connectivity index is 1.93. The molecule has 3 N–H and O–H groups in total. The van der Waals surface area contributed by atoms with E-state index in [-0.39, 0.29) is 45.9 Å². The van der Waals surface area contributed by atoms with E-state index in [1.54, 1.807) is 4.90 Å². The number of primary amides is 1. The Morgan fingerprint density at radius 3 is 2.50 bits per heavy atom. The SMILES string of the molecule is CC(C)CNS(=O)(=O)c1ccc(OCC(=O)N2CCC(C(N)=O)CC2)c(Cl)c1. The van der Waals surface area contributed by atoms with Crippen molar-refractivity contribution < 1.29 is 22.7 Å². The fraction of sp³-hybridized carbons (Fsp3) is 0.556. The van der Waals surface area contributed by atoms with Crippen LogP contribution in [0.4, 0.5) is 0 Å². The molecule has 1 heterocycles. The summed E-state index contributed by atoms with van der Waals surface area (Å²) in [5.41, 5.74) is 5.29. The predicted octanol–water partition coefficient (Wildman–Crippen LogP) is 1.38. The lowest BCUT2D eigenvalue weighted by molar-refractivity contribution is -0.136. The van der Waals surface area contributed by atoms with Crippen molar-refractivity contribution in [1.82, 2.24) is 9.62 Å². The first kappa shape index (κ1) is 22.4. The van der Waals surface area contributed by atoms with Crippen LogP contribution in [0, 0.1) is 11.8 Å². The Hall–Kier alpha value is -1.84. The fourth-order valence-corrected chi connectivity index (χ4v) is 4.31. The largest absolute Gasteiger partial charge is 0.482 e. The van der Waals surface area contributed by atoms with Gasteiger partial charge in [-0.25, -0.2) is 13.1 Å². The molecule has 10 heteroatoms. The molecule has 0 saturated carbocycles. The van der Waals surface area contributed by atoms with Crippen LogP contribution in [0.3, 0.4) is 0 Å². The third-order valence-electron chi connectivity index (χ3n) is 4.50. The normalized spacial score (nSPS) is 15.6. The van der Waals surface area contributed by atoms with E-state index >= 15 is 0 Å². The molecule has 1 aliphatic rings. The minimum absolute atomic E-state index is 0.0327. The van der Waals surface area contributed by atoms with Gasteiger partial charge in [0.15, 0.2) is 6.61 Å². The lowest BCUT2D eigenvalue weighted by Crippen LogP contribution is -2.43. The number of halogens is 1. The summed E-state index contributed by atoms with van der Waals surface area (Å²) in [6.45, 7) is 4.79. The van der Waals surface area contributed by atoms with Crippen LogP contribution in [0.2, 0.25) is 5.02 Å². The summed E-state index contributed by atoms with van der Waals surface area (Å²) < 4.78 is 32.5. The van der Waals surface area contributed by atoms with Crippen LogP contribution in [0.25, 0.3) is 0 Å². The summed E-state index contributed by atoms with van der Waals surface area (Å²) in [4.78, 5) is 25.1.